The number of likely N-dealkylation sites (tertiary alicyclic amines) is 1. The van der Waals surface area contributed by atoms with Crippen LogP contribution in [0, 0.1) is 5.92 Å². The maximum atomic E-state index is 11.2. The number of nitrogens with two attached hydrogens (primary N) is 1. The van der Waals surface area contributed by atoms with Gasteiger partial charge < -0.3 is 30.7 Å². The number of amides is 1. The molecule has 2 saturated heterocycles. The van der Waals surface area contributed by atoms with E-state index in [2.05, 4.69) is 20.5 Å². The van der Waals surface area contributed by atoms with Crippen LogP contribution >= 0.6 is 24.0 Å². The van der Waals surface area contributed by atoms with Crippen molar-refractivity contribution in [3.05, 3.63) is 0 Å². The highest BCUT2D eigenvalue weighted by Crippen LogP contribution is 2.16. The molecule has 1 atom stereocenters. The van der Waals surface area contributed by atoms with Crippen LogP contribution < -0.4 is 16.4 Å². The normalized spacial score (nSPS) is 21.3. The number of hydrogen-bond donors (Lipinski definition) is 3. The van der Waals surface area contributed by atoms with Crippen LogP contribution in [0.25, 0.3) is 0 Å². The van der Waals surface area contributed by atoms with Gasteiger partial charge in [0.2, 0.25) is 5.91 Å². The standard InChI is InChI=1S/C19H37N5O3.HI/c1-21-19(23-9-4-13-27-17-7-14-26-15-17)22-8-2-3-10-24-11-5-16(6-12-24)18(20)25;/h16-17H,2-15H2,1H3,(H2,20,25)(H2,21,22,23);1H. The predicted molar refractivity (Wildman–Crippen MR) is 122 cm³/mol. The van der Waals surface area contributed by atoms with Crippen LogP contribution in [0.4, 0.5) is 0 Å². The highest BCUT2D eigenvalue weighted by atomic mass is 127. The summed E-state index contributed by atoms with van der Waals surface area (Å²) < 4.78 is 11.0. The van der Waals surface area contributed by atoms with E-state index in [-0.39, 0.29) is 41.9 Å². The van der Waals surface area contributed by atoms with Gasteiger partial charge in [0, 0.05) is 39.3 Å². The van der Waals surface area contributed by atoms with E-state index in [1.165, 1.54) is 0 Å². The molecule has 0 aromatic heterocycles. The Labute approximate surface area is 186 Å². The monoisotopic (exact) mass is 511 g/mol. The summed E-state index contributed by atoms with van der Waals surface area (Å²) >= 11 is 0. The minimum Gasteiger partial charge on any atom is -0.379 e. The fourth-order valence-electron chi connectivity index (χ4n) is 3.50. The highest BCUT2D eigenvalue weighted by Gasteiger charge is 2.22. The summed E-state index contributed by atoms with van der Waals surface area (Å²) in [7, 11) is 1.80. The van der Waals surface area contributed by atoms with E-state index < -0.39 is 0 Å². The molecular weight excluding hydrogens is 473 g/mol. The van der Waals surface area contributed by atoms with Gasteiger partial charge in [0.1, 0.15) is 0 Å². The van der Waals surface area contributed by atoms with E-state index in [9.17, 15) is 4.79 Å². The number of carbonyl (C=O) groups is 1. The molecule has 2 aliphatic rings. The smallest absolute Gasteiger partial charge is 0.220 e. The number of rotatable bonds is 11. The Morgan fingerprint density at radius 1 is 1.18 bits per heavy atom. The number of piperidine rings is 1. The largest absolute Gasteiger partial charge is 0.379 e. The third kappa shape index (κ3) is 10.2. The lowest BCUT2D eigenvalue weighted by Crippen LogP contribution is -2.40. The number of hydrogen-bond acceptors (Lipinski definition) is 5. The first-order chi connectivity index (χ1) is 13.2. The Kier molecular flexibility index (Phi) is 13.8. The van der Waals surface area contributed by atoms with Crippen LogP contribution in [0.3, 0.4) is 0 Å². The van der Waals surface area contributed by atoms with Crippen LogP contribution in [0.5, 0.6) is 0 Å². The minimum atomic E-state index is -0.142. The summed E-state index contributed by atoms with van der Waals surface area (Å²) in [4.78, 5) is 17.9. The second-order valence-corrected chi connectivity index (χ2v) is 7.36. The average molecular weight is 511 g/mol. The van der Waals surface area contributed by atoms with Crippen molar-refractivity contribution in [1.82, 2.24) is 15.5 Å². The molecule has 2 rings (SSSR count). The fraction of sp³-hybridized carbons (Fsp3) is 0.895. The number of primary amides is 1. The van der Waals surface area contributed by atoms with Gasteiger partial charge in [-0.2, -0.15) is 0 Å². The topological polar surface area (TPSA) is 101 Å². The van der Waals surface area contributed by atoms with Crippen molar-refractivity contribution in [2.24, 2.45) is 16.6 Å². The Hall–Kier alpha value is -0.650. The molecule has 0 spiro atoms. The summed E-state index contributed by atoms with van der Waals surface area (Å²) in [5, 5.41) is 6.68. The first-order valence-electron chi connectivity index (χ1n) is 10.3. The molecule has 28 heavy (non-hydrogen) atoms. The summed E-state index contributed by atoms with van der Waals surface area (Å²) in [5.74, 6) is 0.785. The van der Waals surface area contributed by atoms with Gasteiger partial charge in [-0.3, -0.25) is 9.79 Å². The molecular formula is C19H38IN5O3. The van der Waals surface area contributed by atoms with E-state index in [4.69, 9.17) is 15.2 Å². The first-order valence-corrected chi connectivity index (χ1v) is 10.3. The molecule has 8 nitrogen and oxygen atoms in total. The van der Waals surface area contributed by atoms with E-state index in [0.717, 1.165) is 97.0 Å². The number of unbranched alkanes of at least 4 members (excludes halogenated alkanes) is 1. The van der Waals surface area contributed by atoms with Gasteiger partial charge in [0.05, 0.1) is 12.7 Å². The van der Waals surface area contributed by atoms with Crippen molar-refractivity contribution in [1.29, 1.82) is 0 Å². The van der Waals surface area contributed by atoms with E-state index in [0.29, 0.717) is 0 Å². The molecule has 2 aliphatic heterocycles. The molecule has 0 aliphatic carbocycles. The van der Waals surface area contributed by atoms with Gasteiger partial charge in [-0.1, -0.05) is 0 Å². The SMILES string of the molecule is CN=C(NCCCCN1CCC(C(N)=O)CC1)NCCCOC1CCOC1.I. The second-order valence-electron chi connectivity index (χ2n) is 7.36. The van der Waals surface area contributed by atoms with Crippen molar-refractivity contribution in [2.75, 3.05) is 59.6 Å². The Morgan fingerprint density at radius 2 is 1.89 bits per heavy atom. The third-order valence-electron chi connectivity index (χ3n) is 5.26. The van der Waals surface area contributed by atoms with Crippen molar-refractivity contribution < 1.29 is 14.3 Å². The first kappa shape index (κ1) is 25.4. The number of nitrogens with one attached hydrogen (secondary N) is 2. The molecule has 0 aromatic carbocycles. The Bertz CT molecular complexity index is 453. The fourth-order valence-corrected chi connectivity index (χ4v) is 3.50. The molecule has 4 N–H and O–H groups in total. The molecule has 164 valence electrons. The minimum absolute atomic E-state index is 0. The van der Waals surface area contributed by atoms with Crippen molar-refractivity contribution >= 4 is 35.8 Å². The zero-order valence-electron chi connectivity index (χ0n) is 17.2. The molecule has 9 heteroatoms. The number of aliphatic imine (C=N–C) groups is 1. The highest BCUT2D eigenvalue weighted by molar-refractivity contribution is 14.0. The number of carbonyl (C=O) groups excluding carboxylic acids is 1. The van der Waals surface area contributed by atoms with Gasteiger partial charge in [-0.15, -0.1) is 24.0 Å². The molecule has 0 aromatic rings. The summed E-state index contributed by atoms with van der Waals surface area (Å²) in [5.41, 5.74) is 5.38. The van der Waals surface area contributed by atoms with Crippen LogP contribution in [-0.4, -0.2) is 82.5 Å². The number of halogens is 1. The lowest BCUT2D eigenvalue weighted by molar-refractivity contribution is -0.123. The lowest BCUT2D eigenvalue weighted by atomic mass is 9.96. The molecule has 1 amide bonds. The quantitative estimate of drug-likeness (QED) is 0.165. The molecule has 2 fully saturated rings. The van der Waals surface area contributed by atoms with Gasteiger partial charge in [-0.25, -0.2) is 0 Å². The predicted octanol–water partition coefficient (Wildman–Crippen LogP) is 0.943. The number of nitrogens with zero attached hydrogens (tertiary/aromatic N) is 2. The summed E-state index contributed by atoms with van der Waals surface area (Å²) in [6.45, 7) is 7.13. The molecule has 0 radical (unpaired) electrons. The molecule has 1 unspecified atom stereocenters. The summed E-state index contributed by atoms with van der Waals surface area (Å²) in [6.07, 6.45) is 6.30. The number of ether oxygens (including phenoxy) is 2. The van der Waals surface area contributed by atoms with Crippen LogP contribution in [-0.2, 0) is 14.3 Å². The molecule has 2 heterocycles. The van der Waals surface area contributed by atoms with Crippen molar-refractivity contribution in [2.45, 2.75) is 44.6 Å². The van der Waals surface area contributed by atoms with Crippen LogP contribution in [0.15, 0.2) is 4.99 Å². The van der Waals surface area contributed by atoms with Gasteiger partial charge in [0.25, 0.3) is 0 Å². The third-order valence-corrected chi connectivity index (χ3v) is 5.26. The number of guanidine groups is 1. The average Bonchev–Trinajstić information content (AvgIpc) is 3.19. The van der Waals surface area contributed by atoms with Gasteiger partial charge in [-0.05, 0) is 58.2 Å². The van der Waals surface area contributed by atoms with Crippen molar-refractivity contribution in [3.8, 4) is 0 Å². The zero-order valence-corrected chi connectivity index (χ0v) is 19.5. The maximum Gasteiger partial charge on any atom is 0.220 e. The van der Waals surface area contributed by atoms with E-state index >= 15 is 0 Å². The van der Waals surface area contributed by atoms with Gasteiger partial charge >= 0.3 is 0 Å². The van der Waals surface area contributed by atoms with E-state index in [1.807, 2.05) is 0 Å². The van der Waals surface area contributed by atoms with E-state index in [1.54, 1.807) is 7.05 Å². The zero-order chi connectivity index (χ0) is 19.3. The van der Waals surface area contributed by atoms with Gasteiger partial charge in [0.15, 0.2) is 5.96 Å². The molecule has 0 bridgehead atoms. The summed E-state index contributed by atoms with van der Waals surface area (Å²) in [6, 6.07) is 0. The molecule has 0 saturated carbocycles. The second kappa shape index (κ2) is 15.2. The van der Waals surface area contributed by atoms with Crippen molar-refractivity contribution in [3.63, 3.8) is 0 Å². The Morgan fingerprint density at radius 3 is 2.50 bits per heavy atom. The van der Waals surface area contributed by atoms with Crippen LogP contribution in [0.2, 0.25) is 0 Å². The lowest BCUT2D eigenvalue weighted by Gasteiger charge is -2.30. The van der Waals surface area contributed by atoms with Crippen LogP contribution in [0.1, 0.15) is 38.5 Å². The Balaban J connectivity index is 0.00000392. The maximum absolute atomic E-state index is 11.2.